The quantitative estimate of drug-likeness (QED) is 0.857. The number of aryl methyl sites for hydroxylation is 1. The number of hydrogen-bond acceptors (Lipinski definition) is 2. The zero-order valence-electron chi connectivity index (χ0n) is 12.8. The van der Waals surface area contributed by atoms with Crippen LogP contribution in [0.2, 0.25) is 10.0 Å². The number of hydrogen-bond donors (Lipinski definition) is 1. The molecule has 0 aliphatic carbocycles. The van der Waals surface area contributed by atoms with Gasteiger partial charge in [-0.15, -0.1) is 0 Å². The minimum Gasteiger partial charge on any atom is -0.305 e. The first-order valence-corrected chi connectivity index (χ1v) is 7.93. The normalized spacial score (nSPS) is 12.9. The van der Waals surface area contributed by atoms with Crippen molar-refractivity contribution in [3.63, 3.8) is 0 Å². The van der Waals surface area contributed by atoms with Gasteiger partial charge in [-0.25, -0.2) is 0 Å². The van der Waals surface area contributed by atoms with Crippen molar-refractivity contribution in [3.8, 4) is 0 Å². The van der Waals surface area contributed by atoms with Gasteiger partial charge in [-0.1, -0.05) is 42.3 Å². The summed E-state index contributed by atoms with van der Waals surface area (Å²) in [6.07, 6.45) is 1.71. The lowest BCUT2D eigenvalue weighted by Gasteiger charge is -2.22. The summed E-state index contributed by atoms with van der Waals surface area (Å²) in [6.45, 7) is 9.13. The van der Waals surface area contributed by atoms with Gasteiger partial charge in [0.1, 0.15) is 0 Å². The van der Waals surface area contributed by atoms with Crippen molar-refractivity contribution in [1.29, 1.82) is 0 Å². The van der Waals surface area contributed by atoms with E-state index in [2.05, 4.69) is 37.3 Å². The van der Waals surface area contributed by atoms with Gasteiger partial charge in [0.25, 0.3) is 0 Å². The van der Waals surface area contributed by atoms with E-state index in [9.17, 15) is 0 Å². The molecule has 1 aromatic heterocycles. The van der Waals surface area contributed by atoms with Crippen molar-refractivity contribution < 1.29 is 0 Å². The van der Waals surface area contributed by atoms with Crippen LogP contribution in [0.4, 0.5) is 0 Å². The zero-order valence-corrected chi connectivity index (χ0v) is 14.3. The third kappa shape index (κ3) is 3.42. The summed E-state index contributed by atoms with van der Waals surface area (Å²) in [7, 11) is 0. The molecule has 114 valence electrons. The molecule has 0 amide bonds. The topological polar surface area (TPSA) is 29.9 Å². The van der Waals surface area contributed by atoms with Gasteiger partial charge in [0.15, 0.2) is 0 Å². The predicted octanol–water partition coefficient (Wildman–Crippen LogP) is 4.78. The number of nitrogens with one attached hydrogen (secondary N) is 1. The van der Waals surface area contributed by atoms with Crippen molar-refractivity contribution in [2.75, 3.05) is 6.54 Å². The molecular formula is C16H21Cl2N3. The van der Waals surface area contributed by atoms with E-state index in [4.69, 9.17) is 23.2 Å². The molecule has 0 fully saturated rings. The highest BCUT2D eigenvalue weighted by atomic mass is 35.5. The summed E-state index contributed by atoms with van der Waals surface area (Å²) in [5.74, 6) is 0. The SMILES string of the molecule is CCNC(c1ccc(Cl)c(C)c1)c1c(Cl)cnn1C(C)C. The Kier molecular flexibility index (Phi) is 5.31. The van der Waals surface area contributed by atoms with Gasteiger partial charge < -0.3 is 5.32 Å². The highest BCUT2D eigenvalue weighted by Gasteiger charge is 2.23. The monoisotopic (exact) mass is 325 g/mol. The van der Waals surface area contributed by atoms with Crippen LogP contribution in [-0.4, -0.2) is 16.3 Å². The second kappa shape index (κ2) is 6.82. The summed E-state index contributed by atoms with van der Waals surface area (Å²) in [5.41, 5.74) is 3.20. The van der Waals surface area contributed by atoms with Gasteiger partial charge in [-0.2, -0.15) is 5.10 Å². The predicted molar refractivity (Wildman–Crippen MR) is 89.3 cm³/mol. The molecule has 1 atom stereocenters. The average Bonchev–Trinajstić information content (AvgIpc) is 2.81. The lowest BCUT2D eigenvalue weighted by atomic mass is 10.0. The zero-order chi connectivity index (χ0) is 15.6. The maximum atomic E-state index is 6.39. The minimum atomic E-state index is 0.00312. The van der Waals surface area contributed by atoms with E-state index in [1.165, 1.54) is 0 Å². The fourth-order valence-corrected chi connectivity index (χ4v) is 2.81. The smallest absolute Gasteiger partial charge is 0.0837 e. The summed E-state index contributed by atoms with van der Waals surface area (Å²) in [5, 5.41) is 9.36. The molecule has 2 aromatic rings. The van der Waals surface area contributed by atoms with Crippen LogP contribution < -0.4 is 5.32 Å². The Balaban J connectivity index is 2.53. The third-order valence-electron chi connectivity index (χ3n) is 3.47. The van der Waals surface area contributed by atoms with Gasteiger partial charge in [0, 0.05) is 11.1 Å². The highest BCUT2D eigenvalue weighted by Crippen LogP contribution is 2.31. The molecule has 1 aromatic carbocycles. The fourth-order valence-electron chi connectivity index (χ4n) is 2.46. The number of rotatable bonds is 5. The van der Waals surface area contributed by atoms with Gasteiger partial charge >= 0.3 is 0 Å². The van der Waals surface area contributed by atoms with Crippen LogP contribution in [0, 0.1) is 6.92 Å². The number of halogens is 2. The van der Waals surface area contributed by atoms with Crippen LogP contribution in [0.3, 0.4) is 0 Å². The van der Waals surface area contributed by atoms with Crippen molar-refractivity contribution in [1.82, 2.24) is 15.1 Å². The Morgan fingerprint density at radius 1 is 1.24 bits per heavy atom. The molecule has 3 nitrogen and oxygen atoms in total. The summed E-state index contributed by atoms with van der Waals surface area (Å²) in [4.78, 5) is 0. The van der Waals surface area contributed by atoms with E-state index in [0.717, 1.165) is 28.4 Å². The van der Waals surface area contributed by atoms with E-state index in [1.54, 1.807) is 6.20 Å². The fraction of sp³-hybridized carbons (Fsp3) is 0.438. The summed E-state index contributed by atoms with van der Waals surface area (Å²) in [6, 6.07) is 6.33. The molecule has 1 N–H and O–H groups in total. The number of nitrogens with zero attached hydrogens (tertiary/aromatic N) is 2. The molecule has 0 aliphatic heterocycles. The van der Waals surface area contributed by atoms with Crippen molar-refractivity contribution >= 4 is 23.2 Å². The first kappa shape index (κ1) is 16.3. The molecule has 2 rings (SSSR count). The molecule has 0 saturated carbocycles. The Labute approximate surface area is 136 Å². The van der Waals surface area contributed by atoms with E-state index < -0.39 is 0 Å². The first-order valence-electron chi connectivity index (χ1n) is 7.18. The molecular weight excluding hydrogens is 305 g/mol. The Hall–Kier alpha value is -1.03. The van der Waals surface area contributed by atoms with Crippen molar-refractivity contribution in [2.24, 2.45) is 0 Å². The van der Waals surface area contributed by atoms with Crippen LogP contribution in [-0.2, 0) is 0 Å². The second-order valence-corrected chi connectivity index (χ2v) is 6.23. The molecule has 21 heavy (non-hydrogen) atoms. The highest BCUT2D eigenvalue weighted by molar-refractivity contribution is 6.31. The van der Waals surface area contributed by atoms with Gasteiger partial charge in [0.05, 0.1) is 23.0 Å². The standard InChI is InChI=1S/C16H21Cl2N3/c1-5-19-15(12-6-7-13(17)11(4)8-12)16-14(18)9-20-21(16)10(2)3/h6-10,15,19H,5H2,1-4H3. The Morgan fingerprint density at radius 3 is 2.52 bits per heavy atom. The summed E-state index contributed by atoms with van der Waals surface area (Å²) < 4.78 is 1.97. The molecule has 0 spiro atoms. The molecule has 0 aliphatic rings. The van der Waals surface area contributed by atoms with Crippen LogP contribution in [0.5, 0.6) is 0 Å². The van der Waals surface area contributed by atoms with Crippen LogP contribution in [0.15, 0.2) is 24.4 Å². The van der Waals surface area contributed by atoms with Gasteiger partial charge in [0.2, 0.25) is 0 Å². The molecule has 1 heterocycles. The van der Waals surface area contributed by atoms with Crippen molar-refractivity contribution in [3.05, 3.63) is 51.3 Å². The average molecular weight is 326 g/mol. The van der Waals surface area contributed by atoms with E-state index in [-0.39, 0.29) is 12.1 Å². The van der Waals surface area contributed by atoms with E-state index >= 15 is 0 Å². The lowest BCUT2D eigenvalue weighted by molar-refractivity contribution is 0.476. The molecule has 0 radical (unpaired) electrons. The molecule has 1 unspecified atom stereocenters. The maximum Gasteiger partial charge on any atom is 0.0837 e. The van der Waals surface area contributed by atoms with Crippen LogP contribution in [0.25, 0.3) is 0 Å². The Bertz CT molecular complexity index is 620. The summed E-state index contributed by atoms with van der Waals surface area (Å²) >= 11 is 12.5. The number of aromatic nitrogens is 2. The second-order valence-electron chi connectivity index (χ2n) is 5.42. The largest absolute Gasteiger partial charge is 0.305 e. The maximum absolute atomic E-state index is 6.39. The lowest BCUT2D eigenvalue weighted by Crippen LogP contribution is -2.26. The third-order valence-corrected chi connectivity index (χ3v) is 4.19. The molecule has 0 saturated heterocycles. The van der Waals surface area contributed by atoms with Crippen LogP contribution in [0.1, 0.15) is 49.7 Å². The molecule has 0 bridgehead atoms. The van der Waals surface area contributed by atoms with Gasteiger partial charge in [-0.3, -0.25) is 4.68 Å². The van der Waals surface area contributed by atoms with E-state index in [0.29, 0.717) is 5.02 Å². The number of benzene rings is 1. The van der Waals surface area contributed by atoms with E-state index in [1.807, 2.05) is 23.7 Å². The van der Waals surface area contributed by atoms with Gasteiger partial charge in [-0.05, 0) is 44.5 Å². The van der Waals surface area contributed by atoms with Crippen molar-refractivity contribution in [2.45, 2.75) is 39.8 Å². The Morgan fingerprint density at radius 2 is 1.95 bits per heavy atom. The first-order chi connectivity index (χ1) is 9.95. The molecule has 5 heteroatoms. The minimum absolute atomic E-state index is 0.00312. The van der Waals surface area contributed by atoms with Crippen LogP contribution >= 0.6 is 23.2 Å².